The number of rotatable bonds is 3. The predicted molar refractivity (Wildman–Crippen MR) is 58.6 cm³/mol. The SMILES string of the molecule is O=C(O)c1coc(C(=O)NN2CCCCC2)c1. The molecule has 2 heterocycles. The normalized spacial score (nSPS) is 16.7. The Morgan fingerprint density at radius 1 is 1.29 bits per heavy atom. The quantitative estimate of drug-likeness (QED) is 0.824. The van der Waals surface area contributed by atoms with Crippen LogP contribution in [0.25, 0.3) is 0 Å². The third-order valence-corrected chi connectivity index (χ3v) is 2.69. The van der Waals surface area contributed by atoms with Crippen LogP contribution >= 0.6 is 0 Å². The third-order valence-electron chi connectivity index (χ3n) is 2.69. The lowest BCUT2D eigenvalue weighted by molar-refractivity contribution is 0.0693. The molecule has 0 unspecified atom stereocenters. The molecule has 0 aliphatic carbocycles. The minimum absolute atomic E-state index is 0.0196. The summed E-state index contributed by atoms with van der Waals surface area (Å²) < 4.78 is 4.91. The minimum atomic E-state index is -1.11. The van der Waals surface area contributed by atoms with Crippen molar-refractivity contribution in [3.8, 4) is 0 Å². The van der Waals surface area contributed by atoms with Crippen molar-refractivity contribution in [2.45, 2.75) is 19.3 Å². The molecule has 1 fully saturated rings. The molecule has 1 aromatic rings. The van der Waals surface area contributed by atoms with Gasteiger partial charge in [-0.2, -0.15) is 0 Å². The third kappa shape index (κ3) is 2.85. The molecule has 0 bridgehead atoms. The van der Waals surface area contributed by atoms with Crippen LogP contribution in [0.2, 0.25) is 0 Å². The molecule has 1 amide bonds. The zero-order valence-corrected chi connectivity index (χ0v) is 9.31. The van der Waals surface area contributed by atoms with E-state index in [9.17, 15) is 9.59 Å². The fraction of sp³-hybridized carbons (Fsp3) is 0.455. The molecule has 92 valence electrons. The van der Waals surface area contributed by atoms with E-state index in [0.717, 1.165) is 32.2 Å². The van der Waals surface area contributed by atoms with Gasteiger partial charge < -0.3 is 9.52 Å². The Balaban J connectivity index is 1.96. The highest BCUT2D eigenvalue weighted by Gasteiger charge is 2.18. The summed E-state index contributed by atoms with van der Waals surface area (Å²) in [4.78, 5) is 22.3. The fourth-order valence-corrected chi connectivity index (χ4v) is 1.77. The first-order valence-electron chi connectivity index (χ1n) is 5.54. The van der Waals surface area contributed by atoms with E-state index < -0.39 is 11.9 Å². The first kappa shape index (κ1) is 11.7. The van der Waals surface area contributed by atoms with Crippen LogP contribution in [0.5, 0.6) is 0 Å². The van der Waals surface area contributed by atoms with E-state index in [4.69, 9.17) is 9.52 Å². The summed E-state index contributed by atoms with van der Waals surface area (Å²) in [6, 6.07) is 1.22. The average molecular weight is 238 g/mol. The van der Waals surface area contributed by atoms with Crippen molar-refractivity contribution in [2.75, 3.05) is 13.1 Å². The van der Waals surface area contributed by atoms with Crippen LogP contribution in [-0.2, 0) is 0 Å². The van der Waals surface area contributed by atoms with Crippen molar-refractivity contribution in [1.29, 1.82) is 0 Å². The Kier molecular flexibility index (Phi) is 3.43. The number of hydrazine groups is 1. The Labute approximate surface area is 98.2 Å². The Hall–Kier alpha value is -1.82. The minimum Gasteiger partial charge on any atom is -0.478 e. The van der Waals surface area contributed by atoms with Gasteiger partial charge in [-0.05, 0) is 12.8 Å². The molecule has 2 rings (SSSR count). The molecule has 0 atom stereocenters. The number of hydrogen-bond donors (Lipinski definition) is 2. The van der Waals surface area contributed by atoms with Gasteiger partial charge in [0.25, 0.3) is 0 Å². The smallest absolute Gasteiger partial charge is 0.338 e. The van der Waals surface area contributed by atoms with Gasteiger partial charge >= 0.3 is 11.9 Å². The maximum Gasteiger partial charge on any atom is 0.338 e. The van der Waals surface area contributed by atoms with E-state index in [1.165, 1.54) is 12.5 Å². The Morgan fingerprint density at radius 2 is 2.00 bits per heavy atom. The first-order valence-corrected chi connectivity index (χ1v) is 5.54. The van der Waals surface area contributed by atoms with Gasteiger partial charge in [-0.15, -0.1) is 0 Å². The van der Waals surface area contributed by atoms with E-state index in [1.54, 1.807) is 0 Å². The number of carboxylic acids is 1. The van der Waals surface area contributed by atoms with Gasteiger partial charge in [0, 0.05) is 19.2 Å². The molecule has 2 N–H and O–H groups in total. The van der Waals surface area contributed by atoms with Gasteiger partial charge in [0.2, 0.25) is 0 Å². The highest BCUT2D eigenvalue weighted by molar-refractivity contribution is 5.95. The summed E-state index contributed by atoms with van der Waals surface area (Å²) in [6.45, 7) is 1.64. The van der Waals surface area contributed by atoms with Crippen LogP contribution in [-0.4, -0.2) is 35.1 Å². The molecule has 0 saturated carbocycles. The molecule has 1 saturated heterocycles. The van der Waals surface area contributed by atoms with Gasteiger partial charge in [0.05, 0.1) is 5.56 Å². The molecule has 1 aliphatic heterocycles. The second-order valence-corrected chi connectivity index (χ2v) is 3.99. The first-order chi connectivity index (χ1) is 8.16. The highest BCUT2D eigenvalue weighted by Crippen LogP contribution is 2.10. The van der Waals surface area contributed by atoms with Crippen LogP contribution in [0.3, 0.4) is 0 Å². The standard InChI is InChI=1S/C11H14N2O4/c14-10(12-13-4-2-1-3-5-13)9-6-8(7-17-9)11(15)16/h6-7H,1-5H2,(H,12,14)(H,15,16). The van der Waals surface area contributed by atoms with Crippen molar-refractivity contribution < 1.29 is 19.1 Å². The van der Waals surface area contributed by atoms with Crippen molar-refractivity contribution in [3.63, 3.8) is 0 Å². The molecule has 1 aromatic heterocycles. The number of piperidine rings is 1. The zero-order valence-electron chi connectivity index (χ0n) is 9.31. The molecule has 1 aliphatic rings. The van der Waals surface area contributed by atoms with Crippen LogP contribution in [0.15, 0.2) is 16.7 Å². The van der Waals surface area contributed by atoms with Crippen molar-refractivity contribution in [1.82, 2.24) is 10.4 Å². The molecule has 0 spiro atoms. The summed E-state index contributed by atoms with van der Waals surface area (Å²) in [5.41, 5.74) is 2.68. The van der Waals surface area contributed by atoms with Crippen LogP contribution < -0.4 is 5.43 Å². The van der Waals surface area contributed by atoms with Crippen molar-refractivity contribution in [2.24, 2.45) is 0 Å². The second kappa shape index (κ2) is 5.01. The van der Waals surface area contributed by atoms with E-state index >= 15 is 0 Å². The number of hydrogen-bond acceptors (Lipinski definition) is 4. The molecule has 6 heteroatoms. The molecule has 17 heavy (non-hydrogen) atoms. The lowest BCUT2D eigenvalue weighted by Gasteiger charge is -2.26. The van der Waals surface area contributed by atoms with Gasteiger partial charge in [0.1, 0.15) is 6.26 Å². The number of carbonyl (C=O) groups excluding carboxylic acids is 1. The summed E-state index contributed by atoms with van der Waals surface area (Å²) >= 11 is 0. The number of aromatic carboxylic acids is 1. The average Bonchev–Trinajstić information content (AvgIpc) is 2.79. The fourth-order valence-electron chi connectivity index (χ4n) is 1.77. The topological polar surface area (TPSA) is 82.8 Å². The number of carbonyl (C=O) groups is 2. The van der Waals surface area contributed by atoms with Crippen LogP contribution in [0.4, 0.5) is 0 Å². The predicted octanol–water partition coefficient (Wildman–Crippen LogP) is 1.11. The summed E-state index contributed by atoms with van der Waals surface area (Å²) in [5, 5.41) is 10.5. The summed E-state index contributed by atoms with van der Waals surface area (Å²) in [7, 11) is 0. The highest BCUT2D eigenvalue weighted by atomic mass is 16.4. The van der Waals surface area contributed by atoms with Gasteiger partial charge in [-0.1, -0.05) is 6.42 Å². The molecular formula is C11H14N2O4. The monoisotopic (exact) mass is 238 g/mol. The van der Waals surface area contributed by atoms with Crippen LogP contribution in [0.1, 0.15) is 40.2 Å². The number of amides is 1. The second-order valence-electron chi connectivity index (χ2n) is 3.99. The van der Waals surface area contributed by atoms with Gasteiger partial charge in [-0.3, -0.25) is 10.2 Å². The number of carboxylic acid groups (broad SMARTS) is 1. The lowest BCUT2D eigenvalue weighted by atomic mass is 10.2. The van der Waals surface area contributed by atoms with E-state index in [1.807, 2.05) is 5.01 Å². The zero-order chi connectivity index (χ0) is 12.3. The molecular weight excluding hydrogens is 224 g/mol. The van der Waals surface area contributed by atoms with E-state index in [-0.39, 0.29) is 11.3 Å². The maximum absolute atomic E-state index is 11.7. The summed E-state index contributed by atoms with van der Waals surface area (Å²) in [6.07, 6.45) is 4.35. The molecule has 0 aromatic carbocycles. The van der Waals surface area contributed by atoms with Crippen LogP contribution in [0, 0.1) is 0 Å². The van der Waals surface area contributed by atoms with E-state index in [2.05, 4.69) is 5.43 Å². The molecule has 0 radical (unpaired) electrons. The summed E-state index contributed by atoms with van der Waals surface area (Å²) in [5.74, 6) is -1.49. The lowest BCUT2D eigenvalue weighted by Crippen LogP contribution is -2.44. The van der Waals surface area contributed by atoms with Crippen molar-refractivity contribution >= 4 is 11.9 Å². The van der Waals surface area contributed by atoms with Gasteiger partial charge in [-0.25, -0.2) is 9.80 Å². The number of nitrogens with one attached hydrogen (secondary N) is 1. The Bertz CT molecular complexity index is 421. The van der Waals surface area contributed by atoms with Crippen molar-refractivity contribution in [3.05, 3.63) is 23.7 Å². The largest absolute Gasteiger partial charge is 0.478 e. The number of furan rings is 1. The Morgan fingerprint density at radius 3 is 2.59 bits per heavy atom. The number of nitrogens with zero attached hydrogens (tertiary/aromatic N) is 1. The molecule has 6 nitrogen and oxygen atoms in total. The maximum atomic E-state index is 11.7. The van der Waals surface area contributed by atoms with E-state index in [0.29, 0.717) is 0 Å². The van der Waals surface area contributed by atoms with Gasteiger partial charge in [0.15, 0.2) is 5.76 Å².